The molecule has 1 aliphatic rings. The lowest BCUT2D eigenvalue weighted by Gasteiger charge is -2.29. The molecule has 130 valence electrons. The second-order valence-electron chi connectivity index (χ2n) is 6.31. The van der Waals surface area contributed by atoms with E-state index in [4.69, 9.17) is 9.47 Å². The Kier molecular flexibility index (Phi) is 5.49. The van der Waals surface area contributed by atoms with Gasteiger partial charge in [-0.25, -0.2) is 9.59 Å². The summed E-state index contributed by atoms with van der Waals surface area (Å²) >= 11 is 0. The van der Waals surface area contributed by atoms with Crippen molar-refractivity contribution in [1.29, 1.82) is 0 Å². The van der Waals surface area contributed by atoms with Crippen LogP contribution in [0.3, 0.4) is 0 Å². The molecule has 0 radical (unpaired) electrons. The first-order chi connectivity index (χ1) is 11.3. The van der Waals surface area contributed by atoms with Crippen molar-refractivity contribution < 1.29 is 19.1 Å². The molecule has 24 heavy (non-hydrogen) atoms. The third-order valence-electron chi connectivity index (χ3n) is 3.73. The van der Waals surface area contributed by atoms with Crippen molar-refractivity contribution in [2.75, 3.05) is 13.7 Å². The van der Waals surface area contributed by atoms with E-state index in [9.17, 15) is 9.59 Å². The maximum absolute atomic E-state index is 12.6. The molecule has 2 N–H and O–H groups in total. The van der Waals surface area contributed by atoms with Gasteiger partial charge in [0.05, 0.1) is 25.3 Å². The monoisotopic (exact) mass is 332 g/mol. The Morgan fingerprint density at radius 2 is 2.00 bits per heavy atom. The number of carbonyl (C=O) groups is 2. The summed E-state index contributed by atoms with van der Waals surface area (Å²) in [4.78, 5) is 24.5. The molecule has 0 saturated carbocycles. The van der Waals surface area contributed by atoms with Crippen LogP contribution >= 0.6 is 0 Å². The van der Waals surface area contributed by atoms with E-state index in [1.54, 1.807) is 14.0 Å². The van der Waals surface area contributed by atoms with Crippen LogP contribution in [0.5, 0.6) is 5.75 Å². The van der Waals surface area contributed by atoms with Gasteiger partial charge in [-0.15, -0.1) is 0 Å². The second-order valence-corrected chi connectivity index (χ2v) is 6.31. The van der Waals surface area contributed by atoms with E-state index in [0.29, 0.717) is 23.6 Å². The molecule has 0 aromatic heterocycles. The third kappa shape index (κ3) is 3.88. The molecule has 0 bridgehead atoms. The number of methoxy groups -OCH3 is 1. The highest BCUT2D eigenvalue weighted by Gasteiger charge is 2.34. The fourth-order valence-corrected chi connectivity index (χ4v) is 2.60. The SMILES string of the molecule is COc1ccc(C)cc1C1NC(=O)NC(C)=C1C(=O)OCC(C)C. The minimum Gasteiger partial charge on any atom is -0.496 e. The molecule has 1 unspecified atom stereocenters. The van der Waals surface area contributed by atoms with Crippen molar-refractivity contribution in [2.45, 2.75) is 33.7 Å². The lowest BCUT2D eigenvalue weighted by molar-refractivity contribution is -0.140. The van der Waals surface area contributed by atoms with Gasteiger partial charge in [0.25, 0.3) is 0 Å². The number of allylic oxidation sites excluding steroid dienone is 1. The normalized spacial score (nSPS) is 17.4. The summed E-state index contributed by atoms with van der Waals surface area (Å²) in [6.07, 6.45) is 0. The van der Waals surface area contributed by atoms with Gasteiger partial charge >= 0.3 is 12.0 Å². The zero-order valence-electron chi connectivity index (χ0n) is 14.7. The third-order valence-corrected chi connectivity index (χ3v) is 3.73. The van der Waals surface area contributed by atoms with Crippen LogP contribution in [-0.2, 0) is 9.53 Å². The van der Waals surface area contributed by atoms with Crippen LogP contribution in [0.25, 0.3) is 0 Å². The summed E-state index contributed by atoms with van der Waals surface area (Å²) in [5, 5.41) is 5.43. The average molecular weight is 332 g/mol. The van der Waals surface area contributed by atoms with Crippen molar-refractivity contribution >= 4 is 12.0 Å². The van der Waals surface area contributed by atoms with E-state index in [2.05, 4.69) is 10.6 Å². The molecule has 1 aromatic carbocycles. The predicted octanol–water partition coefficient (Wildman–Crippen LogP) is 2.83. The van der Waals surface area contributed by atoms with Gasteiger partial charge in [-0.3, -0.25) is 0 Å². The topological polar surface area (TPSA) is 76.7 Å². The molecule has 2 rings (SSSR count). The highest BCUT2D eigenvalue weighted by molar-refractivity contribution is 5.95. The Morgan fingerprint density at radius 1 is 1.29 bits per heavy atom. The Bertz CT molecular complexity index is 680. The van der Waals surface area contributed by atoms with Gasteiger partial charge in [0.2, 0.25) is 0 Å². The Morgan fingerprint density at radius 3 is 2.62 bits per heavy atom. The van der Waals surface area contributed by atoms with Crippen molar-refractivity contribution in [1.82, 2.24) is 10.6 Å². The van der Waals surface area contributed by atoms with E-state index in [1.807, 2.05) is 39.0 Å². The molecule has 0 fully saturated rings. The number of benzene rings is 1. The van der Waals surface area contributed by atoms with Crippen LogP contribution in [0.1, 0.15) is 37.9 Å². The molecule has 6 nitrogen and oxygen atoms in total. The Labute approximate surface area is 142 Å². The van der Waals surface area contributed by atoms with Gasteiger partial charge in [0, 0.05) is 11.3 Å². The van der Waals surface area contributed by atoms with Crippen molar-refractivity contribution in [3.63, 3.8) is 0 Å². The number of urea groups is 1. The molecule has 1 atom stereocenters. The van der Waals surface area contributed by atoms with Gasteiger partial charge < -0.3 is 20.1 Å². The van der Waals surface area contributed by atoms with Crippen LogP contribution in [0.15, 0.2) is 29.5 Å². The zero-order valence-corrected chi connectivity index (χ0v) is 14.7. The molecule has 1 heterocycles. The highest BCUT2D eigenvalue weighted by Crippen LogP contribution is 2.34. The number of aryl methyl sites for hydroxylation is 1. The highest BCUT2D eigenvalue weighted by atomic mass is 16.5. The number of rotatable bonds is 5. The number of nitrogens with one attached hydrogen (secondary N) is 2. The van der Waals surface area contributed by atoms with Gasteiger partial charge in [-0.2, -0.15) is 0 Å². The standard InChI is InChI=1S/C18H24N2O4/c1-10(2)9-24-17(21)15-12(4)19-18(22)20-16(15)13-8-11(3)6-7-14(13)23-5/h6-8,10,16H,9H2,1-5H3,(H2,19,20,22). The molecule has 1 aliphatic heterocycles. The maximum Gasteiger partial charge on any atom is 0.338 e. The molecule has 0 saturated heterocycles. The number of amides is 2. The number of carbonyl (C=O) groups excluding carboxylic acids is 2. The zero-order chi connectivity index (χ0) is 17.9. The van der Waals surface area contributed by atoms with Gasteiger partial charge in [-0.1, -0.05) is 25.5 Å². The molecule has 0 spiro atoms. The van der Waals surface area contributed by atoms with E-state index >= 15 is 0 Å². The fraction of sp³-hybridized carbons (Fsp3) is 0.444. The smallest absolute Gasteiger partial charge is 0.338 e. The number of esters is 1. The first-order valence-electron chi connectivity index (χ1n) is 7.93. The minimum atomic E-state index is -0.617. The van der Waals surface area contributed by atoms with Gasteiger partial charge in [0.15, 0.2) is 0 Å². The number of hydrogen-bond donors (Lipinski definition) is 2. The predicted molar refractivity (Wildman–Crippen MR) is 90.6 cm³/mol. The maximum atomic E-state index is 12.6. The minimum absolute atomic E-state index is 0.230. The van der Waals surface area contributed by atoms with E-state index in [-0.39, 0.29) is 11.9 Å². The molecule has 0 aliphatic carbocycles. The van der Waals surface area contributed by atoms with Crippen molar-refractivity contribution in [3.05, 3.63) is 40.6 Å². The summed E-state index contributed by atoms with van der Waals surface area (Å²) in [5.41, 5.74) is 2.61. The van der Waals surface area contributed by atoms with Gasteiger partial charge in [-0.05, 0) is 31.9 Å². The van der Waals surface area contributed by atoms with Crippen molar-refractivity contribution in [2.24, 2.45) is 5.92 Å². The van der Waals surface area contributed by atoms with E-state index in [0.717, 1.165) is 11.1 Å². The molecule has 6 heteroatoms. The summed E-state index contributed by atoms with van der Waals surface area (Å²) < 4.78 is 10.8. The van der Waals surface area contributed by atoms with Crippen LogP contribution in [0, 0.1) is 12.8 Å². The molecule has 2 amide bonds. The fourth-order valence-electron chi connectivity index (χ4n) is 2.60. The first kappa shape index (κ1) is 17.8. The number of hydrogen-bond acceptors (Lipinski definition) is 4. The first-order valence-corrected chi connectivity index (χ1v) is 7.93. The Balaban J connectivity index is 2.45. The number of ether oxygens (including phenoxy) is 2. The van der Waals surface area contributed by atoms with Crippen molar-refractivity contribution in [3.8, 4) is 5.75 Å². The Hall–Kier alpha value is -2.50. The van der Waals surface area contributed by atoms with Crippen LogP contribution in [0.4, 0.5) is 4.79 Å². The summed E-state index contributed by atoms with van der Waals surface area (Å²) in [7, 11) is 1.56. The summed E-state index contributed by atoms with van der Waals surface area (Å²) in [6, 6.07) is 4.66. The largest absolute Gasteiger partial charge is 0.496 e. The van der Waals surface area contributed by atoms with E-state index < -0.39 is 12.0 Å². The quantitative estimate of drug-likeness (QED) is 0.813. The summed E-state index contributed by atoms with van der Waals surface area (Å²) in [5.74, 6) is 0.393. The van der Waals surface area contributed by atoms with Crippen LogP contribution < -0.4 is 15.4 Å². The molecular formula is C18H24N2O4. The second kappa shape index (κ2) is 7.38. The summed E-state index contributed by atoms with van der Waals surface area (Å²) in [6.45, 7) is 7.90. The lowest BCUT2D eigenvalue weighted by atomic mass is 9.93. The van der Waals surface area contributed by atoms with Gasteiger partial charge in [0.1, 0.15) is 5.75 Å². The average Bonchev–Trinajstić information content (AvgIpc) is 2.51. The van der Waals surface area contributed by atoms with Crippen LogP contribution in [-0.4, -0.2) is 25.7 Å². The molecular weight excluding hydrogens is 308 g/mol. The van der Waals surface area contributed by atoms with Crippen LogP contribution in [0.2, 0.25) is 0 Å². The molecule has 1 aromatic rings. The lowest BCUT2D eigenvalue weighted by Crippen LogP contribution is -2.45. The van der Waals surface area contributed by atoms with E-state index in [1.165, 1.54) is 0 Å².